The van der Waals surface area contributed by atoms with E-state index >= 15 is 0 Å². The number of rotatable bonds is 12. The largest absolute Gasteiger partial charge is 0.366 e. The van der Waals surface area contributed by atoms with Crippen molar-refractivity contribution >= 4 is 51.8 Å². The van der Waals surface area contributed by atoms with E-state index in [9.17, 15) is 19.2 Å². The normalized spacial score (nSPS) is 17.2. The Bertz CT molecular complexity index is 1470. The molecule has 0 saturated carbocycles. The Morgan fingerprint density at radius 1 is 1.07 bits per heavy atom. The molecule has 3 heterocycles. The molecule has 0 spiro atoms. The van der Waals surface area contributed by atoms with Crippen molar-refractivity contribution in [3.8, 4) is 6.07 Å². The third-order valence-corrected chi connectivity index (χ3v) is 9.86. The molecule has 0 radical (unpaired) electrons. The monoisotopic (exact) mass is 623 g/mol. The molecule has 2 aliphatic heterocycles. The Balaban J connectivity index is 1.74. The number of carbonyl (C=O) groups is 1. The summed E-state index contributed by atoms with van der Waals surface area (Å²) in [7, 11) is 0. The highest BCUT2D eigenvalue weighted by Gasteiger charge is 2.35. The zero-order valence-electron chi connectivity index (χ0n) is 25.7. The number of unbranched alkanes of at least 4 members (excludes halogenated alkanes) is 2. The van der Waals surface area contributed by atoms with Gasteiger partial charge in [0.2, 0.25) is 0 Å². The molecule has 2 aliphatic rings. The number of thioether (sulfide) groups is 1. The summed E-state index contributed by atoms with van der Waals surface area (Å²) in [6.07, 6.45) is 7.75. The number of para-hydroxylation sites is 1. The summed E-state index contributed by atoms with van der Waals surface area (Å²) in [5.41, 5.74) is 1.61. The molecule has 43 heavy (non-hydrogen) atoms. The molecule has 7 nitrogen and oxygen atoms in total. The molecule has 2 saturated heterocycles. The molecule has 230 valence electrons. The summed E-state index contributed by atoms with van der Waals surface area (Å²) in [5.74, 6) is 0.714. The Hall–Kier alpha value is -3.16. The van der Waals surface area contributed by atoms with Crippen LogP contribution in [-0.2, 0) is 11.3 Å². The van der Waals surface area contributed by atoms with Crippen molar-refractivity contribution < 1.29 is 9.18 Å². The first kappa shape index (κ1) is 32.7. The van der Waals surface area contributed by atoms with E-state index in [4.69, 9.17) is 12.2 Å². The van der Waals surface area contributed by atoms with Gasteiger partial charge in [0.15, 0.2) is 0 Å². The fraction of sp³-hybridized carbons (Fsp3) is 0.515. The lowest BCUT2D eigenvalue weighted by Crippen LogP contribution is -2.49. The number of nitrogens with zero attached hydrogens (tertiary/aromatic N) is 5. The first-order valence-electron chi connectivity index (χ1n) is 15.4. The minimum Gasteiger partial charge on any atom is -0.366 e. The van der Waals surface area contributed by atoms with Crippen molar-refractivity contribution in [1.29, 1.82) is 5.26 Å². The lowest BCUT2D eigenvalue weighted by Gasteiger charge is -2.39. The summed E-state index contributed by atoms with van der Waals surface area (Å²) in [4.78, 5) is 33.8. The van der Waals surface area contributed by atoms with E-state index in [1.165, 1.54) is 17.8 Å². The maximum absolute atomic E-state index is 14.6. The van der Waals surface area contributed by atoms with Gasteiger partial charge >= 0.3 is 0 Å². The minimum atomic E-state index is -0.314. The average molecular weight is 624 g/mol. The van der Waals surface area contributed by atoms with Crippen LogP contribution in [0.15, 0.2) is 34.0 Å². The van der Waals surface area contributed by atoms with Crippen LogP contribution in [-0.4, -0.2) is 52.4 Å². The number of carbonyl (C=O) groups excluding carboxylic acids is 1. The van der Waals surface area contributed by atoms with Crippen LogP contribution in [0.1, 0.15) is 76.0 Å². The van der Waals surface area contributed by atoms with Crippen LogP contribution in [0.2, 0.25) is 0 Å². The maximum atomic E-state index is 14.6. The van der Waals surface area contributed by atoms with Gasteiger partial charge in [-0.1, -0.05) is 82.6 Å². The smallest absolute Gasteiger partial charge is 0.270 e. The summed E-state index contributed by atoms with van der Waals surface area (Å²) >= 11 is 6.96. The van der Waals surface area contributed by atoms with Gasteiger partial charge in [-0.25, -0.2) is 4.39 Å². The van der Waals surface area contributed by atoms with E-state index in [0.29, 0.717) is 77.0 Å². The zero-order valence-corrected chi connectivity index (χ0v) is 27.3. The predicted octanol–water partition coefficient (Wildman–Crippen LogP) is 6.71. The standard InChI is InChI=1S/C33H42FN5O2S2/c1-5-8-12-24(7-3)22-39-32(41)29(43-33(39)42)20-25-23(4)26(21-35)31(40)38(15-9-6-2)30(25)37-18-16-36(17-19-37)28-14-11-10-13-27(28)34/h10-11,13-14,20,24H,5-9,12,15-19,22H2,1-4H3/b29-20-. The number of hydrogen-bond donors (Lipinski definition) is 0. The SMILES string of the molecule is CCCCC(CC)CN1C(=O)/C(=C/c2c(C)c(C#N)c(=O)n(CCCC)c2N2CCN(c3ccccc3F)CC2)SC1=S. The number of halogens is 1. The van der Waals surface area contributed by atoms with Gasteiger partial charge < -0.3 is 9.80 Å². The minimum absolute atomic E-state index is 0.0946. The molecule has 4 rings (SSSR count). The highest BCUT2D eigenvalue weighted by Crippen LogP contribution is 2.37. The number of pyridine rings is 1. The molecule has 0 N–H and O–H groups in total. The fourth-order valence-corrected chi connectivity index (χ4v) is 7.10. The molecular formula is C33H42FN5O2S2. The summed E-state index contributed by atoms with van der Waals surface area (Å²) in [6.45, 7) is 11.5. The third kappa shape index (κ3) is 7.15. The van der Waals surface area contributed by atoms with E-state index in [1.807, 2.05) is 17.0 Å². The quantitative estimate of drug-likeness (QED) is 0.192. The summed E-state index contributed by atoms with van der Waals surface area (Å²) in [6, 6.07) is 8.90. The second kappa shape index (κ2) is 15.0. The molecule has 1 unspecified atom stereocenters. The number of aromatic nitrogens is 1. The van der Waals surface area contributed by atoms with Crippen LogP contribution < -0.4 is 15.4 Å². The number of benzene rings is 1. The third-order valence-electron chi connectivity index (χ3n) is 8.49. The highest BCUT2D eigenvalue weighted by atomic mass is 32.2. The van der Waals surface area contributed by atoms with Gasteiger partial charge in [-0.2, -0.15) is 5.26 Å². The van der Waals surface area contributed by atoms with E-state index in [2.05, 4.69) is 31.7 Å². The maximum Gasteiger partial charge on any atom is 0.270 e. The zero-order chi connectivity index (χ0) is 31.1. The second-order valence-electron chi connectivity index (χ2n) is 11.3. The lowest BCUT2D eigenvalue weighted by atomic mass is 9.99. The van der Waals surface area contributed by atoms with Gasteiger partial charge in [0.1, 0.15) is 27.6 Å². The second-order valence-corrected chi connectivity index (χ2v) is 13.0. The van der Waals surface area contributed by atoms with E-state index in [0.717, 1.165) is 38.5 Å². The number of hydrogen-bond acceptors (Lipinski definition) is 7. The van der Waals surface area contributed by atoms with Crippen molar-refractivity contribution in [3.63, 3.8) is 0 Å². The Kier molecular flexibility index (Phi) is 11.4. The van der Waals surface area contributed by atoms with Crippen LogP contribution in [0.5, 0.6) is 0 Å². The van der Waals surface area contributed by atoms with Gasteiger partial charge in [-0.05, 0) is 49.5 Å². The van der Waals surface area contributed by atoms with Crippen LogP contribution in [0.3, 0.4) is 0 Å². The van der Waals surface area contributed by atoms with Crippen LogP contribution in [0.4, 0.5) is 15.9 Å². The van der Waals surface area contributed by atoms with Gasteiger partial charge in [0.05, 0.1) is 10.6 Å². The molecule has 1 amide bonds. The molecule has 0 aliphatic carbocycles. The van der Waals surface area contributed by atoms with Crippen LogP contribution in [0, 0.1) is 30.0 Å². The van der Waals surface area contributed by atoms with Crippen molar-refractivity contribution in [2.24, 2.45) is 5.92 Å². The van der Waals surface area contributed by atoms with Crippen molar-refractivity contribution in [3.05, 3.63) is 62.0 Å². The Morgan fingerprint density at radius 2 is 1.74 bits per heavy atom. The van der Waals surface area contributed by atoms with Gasteiger partial charge in [0.25, 0.3) is 11.5 Å². The number of amides is 1. The highest BCUT2D eigenvalue weighted by molar-refractivity contribution is 8.26. The van der Waals surface area contributed by atoms with Gasteiger partial charge in [-0.15, -0.1) is 0 Å². The number of piperazine rings is 1. The molecule has 1 atom stereocenters. The van der Waals surface area contributed by atoms with E-state index in [-0.39, 0.29) is 22.8 Å². The Labute approximate surface area is 264 Å². The molecule has 10 heteroatoms. The summed E-state index contributed by atoms with van der Waals surface area (Å²) < 4.78 is 16.8. The van der Waals surface area contributed by atoms with Crippen LogP contribution >= 0.6 is 24.0 Å². The molecule has 1 aromatic carbocycles. The van der Waals surface area contributed by atoms with Gasteiger partial charge in [0, 0.05) is 44.8 Å². The molecule has 1 aromatic heterocycles. The van der Waals surface area contributed by atoms with Crippen molar-refractivity contribution in [1.82, 2.24) is 9.47 Å². The first-order valence-corrected chi connectivity index (χ1v) is 16.6. The van der Waals surface area contributed by atoms with E-state index in [1.54, 1.807) is 28.5 Å². The fourth-order valence-electron chi connectivity index (χ4n) is 5.84. The van der Waals surface area contributed by atoms with Crippen molar-refractivity contribution in [2.75, 3.05) is 42.5 Å². The van der Waals surface area contributed by atoms with E-state index < -0.39 is 0 Å². The van der Waals surface area contributed by atoms with Crippen molar-refractivity contribution in [2.45, 2.75) is 72.8 Å². The van der Waals surface area contributed by atoms with Crippen LogP contribution in [0.25, 0.3) is 6.08 Å². The summed E-state index contributed by atoms with van der Waals surface area (Å²) in [5, 5.41) is 10.0. The molecule has 2 fully saturated rings. The first-order chi connectivity index (χ1) is 20.7. The Morgan fingerprint density at radius 3 is 2.37 bits per heavy atom. The number of nitriles is 1. The number of thiocarbonyl (C=S) groups is 1. The topological polar surface area (TPSA) is 72.6 Å². The molecule has 0 bridgehead atoms. The molecular weight excluding hydrogens is 582 g/mol. The lowest BCUT2D eigenvalue weighted by molar-refractivity contribution is -0.122. The number of anilines is 2. The average Bonchev–Trinajstić information content (AvgIpc) is 3.27. The van der Waals surface area contributed by atoms with Gasteiger partial charge in [-0.3, -0.25) is 19.1 Å². The molecule has 2 aromatic rings. The predicted molar refractivity (Wildman–Crippen MR) is 179 cm³/mol.